The van der Waals surface area contributed by atoms with Crippen molar-refractivity contribution in [2.45, 2.75) is 20.0 Å². The molecule has 0 saturated carbocycles. The zero-order valence-corrected chi connectivity index (χ0v) is 17.3. The maximum Gasteiger partial charge on any atom is 0.407 e. The number of nitrogens with one attached hydrogen (secondary N) is 2. The molecule has 0 aromatic heterocycles. The topological polar surface area (TPSA) is 129 Å². The van der Waals surface area contributed by atoms with Crippen LogP contribution in [0.2, 0.25) is 0 Å². The van der Waals surface area contributed by atoms with Gasteiger partial charge in [-0.3, -0.25) is 0 Å². The van der Waals surface area contributed by atoms with Crippen LogP contribution in [0.15, 0.2) is 49.1 Å². The number of carbonyl (C=O) groups excluding carboxylic acids is 4. The first-order valence-electron chi connectivity index (χ1n) is 9.32. The summed E-state index contributed by atoms with van der Waals surface area (Å²) in [6, 6.07) is 7.16. The van der Waals surface area contributed by atoms with E-state index >= 15 is 0 Å². The van der Waals surface area contributed by atoms with Crippen molar-refractivity contribution in [1.82, 2.24) is 10.6 Å². The van der Waals surface area contributed by atoms with Crippen molar-refractivity contribution in [3.05, 3.63) is 60.2 Å². The van der Waals surface area contributed by atoms with Gasteiger partial charge in [-0.1, -0.05) is 37.4 Å². The Bertz CT molecular complexity index is 806. The SMILES string of the molecule is C=CC(=O)OCCOC(=O)NCc1cccc(CNC(=O)OCCOC(=O)C(=C)C)c1. The molecule has 0 spiro atoms. The van der Waals surface area contributed by atoms with Crippen LogP contribution in [0, 0.1) is 0 Å². The third kappa shape index (κ3) is 11.7. The zero-order valence-electron chi connectivity index (χ0n) is 17.3. The Hall–Kier alpha value is -3.82. The molecular formula is C21H26N2O8. The number of alkyl carbamates (subject to hydrolysis) is 2. The van der Waals surface area contributed by atoms with Crippen LogP contribution in [0.3, 0.4) is 0 Å². The molecule has 1 rings (SSSR count). The van der Waals surface area contributed by atoms with E-state index in [0.717, 1.165) is 17.2 Å². The first-order valence-corrected chi connectivity index (χ1v) is 9.32. The van der Waals surface area contributed by atoms with Gasteiger partial charge in [0.2, 0.25) is 0 Å². The highest BCUT2D eigenvalue weighted by Crippen LogP contribution is 2.05. The van der Waals surface area contributed by atoms with Crippen LogP contribution in [0.5, 0.6) is 0 Å². The molecule has 0 aliphatic heterocycles. The van der Waals surface area contributed by atoms with Crippen molar-refractivity contribution >= 4 is 24.1 Å². The van der Waals surface area contributed by atoms with Crippen LogP contribution in [0.4, 0.5) is 9.59 Å². The summed E-state index contributed by atoms with van der Waals surface area (Å²) in [5, 5.41) is 5.13. The number of hydrogen-bond donors (Lipinski definition) is 2. The molecule has 0 bridgehead atoms. The Morgan fingerprint density at radius 2 is 1.35 bits per heavy atom. The standard InChI is InChI=1S/C21H26N2O8/c1-4-18(24)28-8-10-30-20(26)22-13-16-6-5-7-17(12-16)14-23-21(27)31-11-9-29-19(25)15(2)3/h4-7,12H,1-2,8-11,13-14H2,3H3,(H,22,26)(H,23,27). The Morgan fingerprint density at radius 1 is 0.871 bits per heavy atom. The fraction of sp³-hybridized carbons (Fsp3) is 0.333. The Balaban J connectivity index is 2.27. The molecule has 2 N–H and O–H groups in total. The molecule has 1 aromatic carbocycles. The lowest BCUT2D eigenvalue weighted by molar-refractivity contribution is -0.140. The fourth-order valence-corrected chi connectivity index (χ4v) is 2.03. The van der Waals surface area contributed by atoms with E-state index in [0.29, 0.717) is 0 Å². The van der Waals surface area contributed by atoms with Gasteiger partial charge in [0.05, 0.1) is 0 Å². The van der Waals surface area contributed by atoms with E-state index in [1.165, 1.54) is 6.92 Å². The first kappa shape index (κ1) is 25.2. The van der Waals surface area contributed by atoms with Gasteiger partial charge < -0.3 is 29.6 Å². The third-order valence-corrected chi connectivity index (χ3v) is 3.49. The summed E-state index contributed by atoms with van der Waals surface area (Å²) in [7, 11) is 0. The van der Waals surface area contributed by atoms with E-state index in [1.807, 2.05) is 0 Å². The van der Waals surface area contributed by atoms with Crippen LogP contribution in [0.1, 0.15) is 18.1 Å². The quantitative estimate of drug-likeness (QED) is 0.221. The molecule has 0 fully saturated rings. The van der Waals surface area contributed by atoms with Gasteiger partial charge in [-0.05, 0) is 18.1 Å². The van der Waals surface area contributed by atoms with Crippen molar-refractivity contribution in [3.63, 3.8) is 0 Å². The van der Waals surface area contributed by atoms with E-state index in [9.17, 15) is 19.2 Å². The van der Waals surface area contributed by atoms with Gasteiger partial charge in [0.15, 0.2) is 0 Å². The monoisotopic (exact) mass is 434 g/mol. The molecule has 0 aliphatic carbocycles. The second-order valence-electron chi connectivity index (χ2n) is 6.09. The second kappa shape index (κ2) is 14.2. The lowest BCUT2D eigenvalue weighted by Gasteiger charge is -2.10. The minimum Gasteiger partial charge on any atom is -0.459 e. The van der Waals surface area contributed by atoms with E-state index in [1.54, 1.807) is 24.3 Å². The molecule has 0 heterocycles. The average molecular weight is 434 g/mol. The lowest BCUT2D eigenvalue weighted by Crippen LogP contribution is -2.26. The van der Waals surface area contributed by atoms with Crippen molar-refractivity contribution in [3.8, 4) is 0 Å². The number of carbonyl (C=O) groups is 4. The molecule has 0 aliphatic rings. The summed E-state index contributed by atoms with van der Waals surface area (Å²) in [5.74, 6) is -1.14. The number of ether oxygens (including phenoxy) is 4. The van der Waals surface area contributed by atoms with Crippen LogP contribution >= 0.6 is 0 Å². The molecular weight excluding hydrogens is 408 g/mol. The summed E-state index contributed by atoms with van der Waals surface area (Å²) in [4.78, 5) is 45.4. The highest BCUT2D eigenvalue weighted by atomic mass is 16.6. The van der Waals surface area contributed by atoms with Gasteiger partial charge in [-0.2, -0.15) is 0 Å². The average Bonchev–Trinajstić information content (AvgIpc) is 2.76. The molecule has 0 saturated heterocycles. The largest absolute Gasteiger partial charge is 0.459 e. The van der Waals surface area contributed by atoms with Crippen LogP contribution in [0.25, 0.3) is 0 Å². The van der Waals surface area contributed by atoms with Crippen molar-refractivity contribution in [2.75, 3.05) is 26.4 Å². The summed E-state index contributed by atoms with van der Waals surface area (Å²) in [6.45, 7) is 8.34. The van der Waals surface area contributed by atoms with Crippen LogP contribution < -0.4 is 10.6 Å². The van der Waals surface area contributed by atoms with Crippen LogP contribution in [-0.4, -0.2) is 50.6 Å². The minimum absolute atomic E-state index is 0.0624. The van der Waals surface area contributed by atoms with E-state index in [2.05, 4.69) is 28.5 Å². The molecule has 0 radical (unpaired) electrons. The van der Waals surface area contributed by atoms with Gasteiger partial charge in [-0.15, -0.1) is 0 Å². The van der Waals surface area contributed by atoms with Gasteiger partial charge in [0.25, 0.3) is 0 Å². The van der Waals surface area contributed by atoms with Crippen molar-refractivity contribution < 1.29 is 38.1 Å². The smallest absolute Gasteiger partial charge is 0.407 e. The molecule has 1 aromatic rings. The van der Waals surface area contributed by atoms with Gasteiger partial charge in [0, 0.05) is 24.7 Å². The number of esters is 2. The number of hydrogen-bond acceptors (Lipinski definition) is 8. The number of benzene rings is 1. The lowest BCUT2D eigenvalue weighted by atomic mass is 10.1. The summed E-state index contributed by atoms with van der Waals surface area (Å²) >= 11 is 0. The van der Waals surface area contributed by atoms with Crippen molar-refractivity contribution in [1.29, 1.82) is 0 Å². The number of rotatable bonds is 12. The van der Waals surface area contributed by atoms with E-state index in [4.69, 9.17) is 14.2 Å². The molecule has 0 unspecified atom stereocenters. The summed E-state index contributed by atoms with van der Waals surface area (Å²) in [5.41, 5.74) is 1.84. The fourth-order valence-electron chi connectivity index (χ4n) is 2.03. The normalized spacial score (nSPS) is 9.71. The highest BCUT2D eigenvalue weighted by molar-refractivity contribution is 5.86. The maximum atomic E-state index is 11.7. The molecule has 168 valence electrons. The van der Waals surface area contributed by atoms with Crippen LogP contribution in [-0.2, 0) is 41.6 Å². The first-order chi connectivity index (χ1) is 14.8. The van der Waals surface area contributed by atoms with Gasteiger partial charge in [-0.25, -0.2) is 19.2 Å². The van der Waals surface area contributed by atoms with Gasteiger partial charge >= 0.3 is 24.1 Å². The molecule has 0 atom stereocenters. The Labute approximate surface area is 180 Å². The highest BCUT2D eigenvalue weighted by Gasteiger charge is 2.07. The zero-order chi connectivity index (χ0) is 23.1. The molecule has 2 amide bonds. The molecule has 10 nitrogen and oxygen atoms in total. The van der Waals surface area contributed by atoms with Gasteiger partial charge in [0.1, 0.15) is 26.4 Å². The van der Waals surface area contributed by atoms with E-state index in [-0.39, 0.29) is 45.1 Å². The second-order valence-corrected chi connectivity index (χ2v) is 6.09. The maximum absolute atomic E-state index is 11.7. The van der Waals surface area contributed by atoms with Crippen molar-refractivity contribution in [2.24, 2.45) is 0 Å². The molecule has 31 heavy (non-hydrogen) atoms. The summed E-state index contributed by atoms with van der Waals surface area (Å²) in [6.07, 6.45) is -0.298. The Morgan fingerprint density at radius 3 is 1.84 bits per heavy atom. The predicted molar refractivity (Wildman–Crippen MR) is 110 cm³/mol. The summed E-state index contributed by atoms with van der Waals surface area (Å²) < 4.78 is 19.3. The Kier molecular flexibility index (Phi) is 11.6. The predicted octanol–water partition coefficient (Wildman–Crippen LogP) is 1.99. The molecule has 10 heteroatoms. The minimum atomic E-state index is -0.658. The number of amides is 2. The third-order valence-electron chi connectivity index (χ3n) is 3.49. The van der Waals surface area contributed by atoms with E-state index < -0.39 is 24.1 Å².